The summed E-state index contributed by atoms with van der Waals surface area (Å²) < 4.78 is 0.677. The minimum Gasteiger partial charge on any atom is -0.385 e. The van der Waals surface area contributed by atoms with Gasteiger partial charge >= 0.3 is 0 Å². The molecule has 0 saturated heterocycles. The fraction of sp³-hybridized carbons (Fsp3) is 0.500. The van der Waals surface area contributed by atoms with Crippen LogP contribution in [0.3, 0.4) is 0 Å². The molecule has 1 aliphatic carbocycles. The Hall–Kier alpha value is -0.850. The molecular formula is C12H15IN2O2. The molecule has 0 spiro atoms. The van der Waals surface area contributed by atoms with Gasteiger partial charge in [-0.2, -0.15) is 0 Å². The van der Waals surface area contributed by atoms with Crippen LogP contribution in [0.2, 0.25) is 0 Å². The largest absolute Gasteiger partial charge is 0.385 e. The van der Waals surface area contributed by atoms with Crippen molar-refractivity contribution in [2.24, 2.45) is 11.8 Å². The summed E-state index contributed by atoms with van der Waals surface area (Å²) in [6.07, 6.45) is 2.70. The van der Waals surface area contributed by atoms with Gasteiger partial charge in [-0.3, -0.25) is 10.1 Å². The molecule has 1 aromatic rings. The second-order valence-corrected chi connectivity index (χ2v) is 5.78. The van der Waals surface area contributed by atoms with Gasteiger partial charge in [0.25, 0.3) is 5.69 Å². The van der Waals surface area contributed by atoms with E-state index in [0.717, 1.165) is 18.2 Å². The second kappa shape index (κ2) is 5.20. The lowest BCUT2D eigenvalue weighted by atomic mass is 10.1. The SMILES string of the molecule is CC(CNc1ccc([N+](=O)[O-])c(I)c1)C1CC1. The number of anilines is 1. The van der Waals surface area contributed by atoms with Gasteiger partial charge in [-0.05, 0) is 59.4 Å². The lowest BCUT2D eigenvalue weighted by Gasteiger charge is -2.12. The summed E-state index contributed by atoms with van der Waals surface area (Å²) in [6.45, 7) is 3.19. The van der Waals surface area contributed by atoms with E-state index in [4.69, 9.17) is 0 Å². The number of benzene rings is 1. The third-order valence-electron chi connectivity index (χ3n) is 3.20. The summed E-state index contributed by atoms with van der Waals surface area (Å²) in [5.74, 6) is 1.56. The summed E-state index contributed by atoms with van der Waals surface area (Å²) in [5.41, 5.74) is 1.14. The van der Waals surface area contributed by atoms with E-state index in [2.05, 4.69) is 12.2 Å². The lowest BCUT2D eigenvalue weighted by Crippen LogP contribution is -2.12. The maximum absolute atomic E-state index is 10.7. The van der Waals surface area contributed by atoms with E-state index in [1.54, 1.807) is 12.1 Å². The lowest BCUT2D eigenvalue weighted by molar-refractivity contribution is -0.385. The van der Waals surface area contributed by atoms with Crippen molar-refractivity contribution >= 4 is 34.0 Å². The van der Waals surface area contributed by atoms with Crippen LogP contribution in [-0.4, -0.2) is 11.5 Å². The number of halogens is 1. The Morgan fingerprint density at radius 3 is 2.82 bits per heavy atom. The van der Waals surface area contributed by atoms with E-state index < -0.39 is 0 Å². The van der Waals surface area contributed by atoms with Crippen molar-refractivity contribution in [2.75, 3.05) is 11.9 Å². The fourth-order valence-electron chi connectivity index (χ4n) is 1.88. The quantitative estimate of drug-likeness (QED) is 0.503. The van der Waals surface area contributed by atoms with Crippen LogP contribution in [0.1, 0.15) is 19.8 Å². The Balaban J connectivity index is 1.97. The molecule has 1 atom stereocenters. The molecule has 0 aromatic heterocycles. The van der Waals surface area contributed by atoms with Crippen molar-refractivity contribution in [2.45, 2.75) is 19.8 Å². The standard InChI is InChI=1S/C12H15IN2O2/c1-8(9-2-3-9)7-14-10-4-5-12(15(16)17)11(13)6-10/h4-6,8-9,14H,2-3,7H2,1H3. The van der Waals surface area contributed by atoms with Gasteiger partial charge in [0.05, 0.1) is 8.49 Å². The molecule has 1 saturated carbocycles. The molecule has 0 amide bonds. The molecule has 1 aliphatic rings. The molecule has 17 heavy (non-hydrogen) atoms. The maximum atomic E-state index is 10.7. The molecule has 1 fully saturated rings. The zero-order valence-electron chi connectivity index (χ0n) is 9.65. The number of rotatable bonds is 5. The topological polar surface area (TPSA) is 55.2 Å². The van der Waals surface area contributed by atoms with E-state index in [9.17, 15) is 10.1 Å². The maximum Gasteiger partial charge on any atom is 0.282 e. The van der Waals surface area contributed by atoms with E-state index in [-0.39, 0.29) is 10.6 Å². The minimum atomic E-state index is -0.349. The van der Waals surface area contributed by atoms with Gasteiger partial charge < -0.3 is 5.32 Å². The van der Waals surface area contributed by atoms with Crippen LogP contribution < -0.4 is 5.32 Å². The Kier molecular flexibility index (Phi) is 3.86. The van der Waals surface area contributed by atoms with Crippen LogP contribution in [0.4, 0.5) is 11.4 Å². The van der Waals surface area contributed by atoms with Crippen molar-refractivity contribution in [3.63, 3.8) is 0 Å². The van der Waals surface area contributed by atoms with Crippen LogP contribution >= 0.6 is 22.6 Å². The first kappa shape index (κ1) is 12.6. The zero-order valence-corrected chi connectivity index (χ0v) is 11.8. The molecule has 0 radical (unpaired) electrons. The third kappa shape index (κ3) is 3.31. The van der Waals surface area contributed by atoms with Crippen molar-refractivity contribution in [3.8, 4) is 0 Å². The molecule has 2 rings (SSSR count). The number of hydrogen-bond donors (Lipinski definition) is 1. The molecular weight excluding hydrogens is 331 g/mol. The first-order valence-electron chi connectivity index (χ1n) is 5.75. The Morgan fingerprint density at radius 2 is 2.29 bits per heavy atom. The highest BCUT2D eigenvalue weighted by Crippen LogP contribution is 2.36. The van der Waals surface area contributed by atoms with E-state index >= 15 is 0 Å². The summed E-state index contributed by atoms with van der Waals surface area (Å²) >= 11 is 2.00. The summed E-state index contributed by atoms with van der Waals surface area (Å²) in [5, 5.41) is 14.0. The normalized spacial score (nSPS) is 16.6. The van der Waals surface area contributed by atoms with Crippen LogP contribution in [-0.2, 0) is 0 Å². The number of nitro groups is 1. The Bertz CT molecular complexity index is 433. The Labute approximate surface area is 114 Å². The summed E-state index contributed by atoms with van der Waals surface area (Å²) in [6, 6.07) is 5.17. The number of nitrogens with zero attached hydrogens (tertiary/aromatic N) is 1. The molecule has 0 heterocycles. The second-order valence-electron chi connectivity index (χ2n) is 4.62. The van der Waals surface area contributed by atoms with E-state index in [1.807, 2.05) is 28.7 Å². The minimum absolute atomic E-state index is 0.173. The van der Waals surface area contributed by atoms with Gasteiger partial charge in [-0.25, -0.2) is 0 Å². The van der Waals surface area contributed by atoms with Gasteiger partial charge in [-0.15, -0.1) is 0 Å². The highest BCUT2D eigenvalue weighted by Gasteiger charge is 2.27. The molecule has 92 valence electrons. The number of hydrogen-bond acceptors (Lipinski definition) is 3. The highest BCUT2D eigenvalue weighted by molar-refractivity contribution is 14.1. The molecule has 1 aromatic carbocycles. The monoisotopic (exact) mass is 346 g/mol. The molecule has 4 nitrogen and oxygen atoms in total. The number of nitrogens with one attached hydrogen (secondary N) is 1. The predicted octanol–water partition coefficient (Wildman–Crippen LogP) is 3.66. The molecule has 5 heteroatoms. The van der Waals surface area contributed by atoms with Crippen LogP contribution in [0.15, 0.2) is 18.2 Å². The first-order chi connectivity index (χ1) is 8.08. The van der Waals surface area contributed by atoms with Crippen LogP contribution in [0.5, 0.6) is 0 Å². The smallest absolute Gasteiger partial charge is 0.282 e. The highest BCUT2D eigenvalue weighted by atomic mass is 127. The molecule has 1 N–H and O–H groups in total. The van der Waals surface area contributed by atoms with Crippen molar-refractivity contribution in [3.05, 3.63) is 31.9 Å². The van der Waals surface area contributed by atoms with Crippen molar-refractivity contribution in [1.82, 2.24) is 0 Å². The first-order valence-corrected chi connectivity index (χ1v) is 6.83. The zero-order chi connectivity index (χ0) is 12.4. The van der Waals surface area contributed by atoms with Gasteiger partial charge in [-0.1, -0.05) is 6.92 Å². The van der Waals surface area contributed by atoms with E-state index in [1.165, 1.54) is 12.8 Å². The Morgan fingerprint density at radius 1 is 1.59 bits per heavy atom. The predicted molar refractivity (Wildman–Crippen MR) is 76.2 cm³/mol. The van der Waals surface area contributed by atoms with Gasteiger partial charge in [0, 0.05) is 18.3 Å². The molecule has 0 aliphatic heterocycles. The molecule has 0 bridgehead atoms. The third-order valence-corrected chi connectivity index (χ3v) is 4.06. The van der Waals surface area contributed by atoms with Gasteiger partial charge in [0.1, 0.15) is 0 Å². The van der Waals surface area contributed by atoms with E-state index in [0.29, 0.717) is 9.49 Å². The molecule has 1 unspecified atom stereocenters. The summed E-state index contributed by atoms with van der Waals surface area (Å²) in [4.78, 5) is 10.3. The van der Waals surface area contributed by atoms with Crippen molar-refractivity contribution in [1.29, 1.82) is 0 Å². The fourth-order valence-corrected chi connectivity index (χ4v) is 2.59. The average Bonchev–Trinajstić information content (AvgIpc) is 3.09. The van der Waals surface area contributed by atoms with Gasteiger partial charge in [0.2, 0.25) is 0 Å². The van der Waals surface area contributed by atoms with Crippen LogP contribution in [0.25, 0.3) is 0 Å². The number of nitro benzene ring substituents is 1. The van der Waals surface area contributed by atoms with Crippen molar-refractivity contribution < 1.29 is 4.92 Å². The summed E-state index contributed by atoms with van der Waals surface area (Å²) in [7, 11) is 0. The average molecular weight is 346 g/mol. The van der Waals surface area contributed by atoms with Gasteiger partial charge in [0.15, 0.2) is 0 Å². The van der Waals surface area contributed by atoms with Crippen LogP contribution in [0, 0.1) is 25.5 Å².